The van der Waals surface area contributed by atoms with Crippen LogP contribution in [-0.4, -0.2) is 18.1 Å². The predicted molar refractivity (Wildman–Crippen MR) is 65.2 cm³/mol. The van der Waals surface area contributed by atoms with Crippen LogP contribution in [-0.2, 0) is 6.54 Å². The highest BCUT2D eigenvalue weighted by molar-refractivity contribution is 7.13. The van der Waals surface area contributed by atoms with E-state index < -0.39 is 0 Å². The number of thiazole rings is 1. The lowest BCUT2D eigenvalue weighted by Gasteiger charge is -2.31. The van der Waals surface area contributed by atoms with E-state index >= 15 is 0 Å². The molecule has 1 aromatic rings. The van der Waals surface area contributed by atoms with Crippen molar-refractivity contribution in [3.8, 4) is 0 Å². The Morgan fingerprint density at radius 1 is 1.53 bits per heavy atom. The second-order valence-corrected chi connectivity index (χ2v) is 5.00. The van der Waals surface area contributed by atoms with Crippen LogP contribution >= 0.6 is 11.3 Å². The highest BCUT2D eigenvalue weighted by Crippen LogP contribution is 2.27. The molecular formula is C11H19N3S. The number of anilines is 1. The van der Waals surface area contributed by atoms with E-state index in [1.807, 2.05) is 0 Å². The maximum atomic E-state index is 5.56. The SMILES string of the molecule is CCC1CCN(c2nc(CN)cs2)CC1. The Bertz CT molecular complexity index is 303. The molecule has 0 spiro atoms. The number of rotatable bonds is 3. The molecule has 0 saturated carbocycles. The van der Waals surface area contributed by atoms with Crippen LogP contribution in [0.1, 0.15) is 31.9 Å². The Balaban J connectivity index is 1.95. The van der Waals surface area contributed by atoms with Crippen molar-refractivity contribution in [3.63, 3.8) is 0 Å². The van der Waals surface area contributed by atoms with Crippen molar-refractivity contribution in [2.75, 3.05) is 18.0 Å². The second-order valence-electron chi connectivity index (χ2n) is 4.16. The summed E-state index contributed by atoms with van der Waals surface area (Å²) < 4.78 is 0. The van der Waals surface area contributed by atoms with Crippen molar-refractivity contribution in [3.05, 3.63) is 11.1 Å². The molecule has 1 aliphatic heterocycles. The molecule has 3 nitrogen and oxygen atoms in total. The molecule has 0 radical (unpaired) electrons. The molecule has 4 heteroatoms. The van der Waals surface area contributed by atoms with Crippen LogP contribution in [0.25, 0.3) is 0 Å². The molecule has 0 aromatic carbocycles. The fraction of sp³-hybridized carbons (Fsp3) is 0.727. The number of piperidine rings is 1. The minimum atomic E-state index is 0.557. The predicted octanol–water partition coefficient (Wildman–Crippen LogP) is 2.23. The van der Waals surface area contributed by atoms with Crippen molar-refractivity contribution in [1.82, 2.24) is 4.98 Å². The summed E-state index contributed by atoms with van der Waals surface area (Å²) in [5, 5.41) is 3.23. The maximum absolute atomic E-state index is 5.56. The van der Waals surface area contributed by atoms with Gasteiger partial charge in [0.15, 0.2) is 5.13 Å². The third kappa shape index (κ3) is 2.49. The molecule has 0 amide bonds. The van der Waals surface area contributed by atoms with Gasteiger partial charge in [-0.25, -0.2) is 4.98 Å². The number of aromatic nitrogens is 1. The molecule has 1 fully saturated rings. The van der Waals surface area contributed by atoms with E-state index in [4.69, 9.17) is 5.73 Å². The van der Waals surface area contributed by atoms with Crippen LogP contribution in [0.2, 0.25) is 0 Å². The maximum Gasteiger partial charge on any atom is 0.185 e. The first-order chi connectivity index (χ1) is 7.33. The minimum Gasteiger partial charge on any atom is -0.348 e. The van der Waals surface area contributed by atoms with Gasteiger partial charge in [0.25, 0.3) is 0 Å². The lowest BCUT2D eigenvalue weighted by Crippen LogP contribution is -2.33. The van der Waals surface area contributed by atoms with E-state index in [9.17, 15) is 0 Å². The zero-order valence-corrected chi connectivity index (χ0v) is 10.1. The Labute approximate surface area is 95.3 Å². The van der Waals surface area contributed by atoms with Crippen molar-refractivity contribution in [1.29, 1.82) is 0 Å². The molecule has 1 aliphatic rings. The summed E-state index contributed by atoms with van der Waals surface area (Å²) in [6, 6.07) is 0. The molecule has 2 heterocycles. The first-order valence-corrected chi connectivity index (χ1v) is 6.61. The lowest BCUT2D eigenvalue weighted by molar-refractivity contribution is 0.395. The Morgan fingerprint density at radius 2 is 2.27 bits per heavy atom. The van der Waals surface area contributed by atoms with E-state index in [0.717, 1.165) is 29.8 Å². The topological polar surface area (TPSA) is 42.2 Å². The van der Waals surface area contributed by atoms with Gasteiger partial charge in [0.1, 0.15) is 0 Å². The molecular weight excluding hydrogens is 206 g/mol. The van der Waals surface area contributed by atoms with Gasteiger partial charge in [-0.15, -0.1) is 11.3 Å². The van der Waals surface area contributed by atoms with Crippen LogP contribution in [0.3, 0.4) is 0 Å². The van der Waals surface area contributed by atoms with Crippen LogP contribution in [0.4, 0.5) is 5.13 Å². The number of hydrogen-bond donors (Lipinski definition) is 1. The van der Waals surface area contributed by atoms with E-state index in [0.29, 0.717) is 6.54 Å². The highest BCUT2D eigenvalue weighted by atomic mass is 32.1. The summed E-state index contributed by atoms with van der Waals surface area (Å²) in [5.41, 5.74) is 6.58. The Morgan fingerprint density at radius 3 is 2.80 bits per heavy atom. The fourth-order valence-corrected chi connectivity index (χ4v) is 2.96. The average molecular weight is 225 g/mol. The molecule has 2 rings (SSSR count). The molecule has 1 saturated heterocycles. The lowest BCUT2D eigenvalue weighted by atomic mass is 9.95. The van der Waals surface area contributed by atoms with E-state index in [-0.39, 0.29) is 0 Å². The summed E-state index contributed by atoms with van der Waals surface area (Å²) in [4.78, 5) is 6.92. The van der Waals surface area contributed by atoms with Gasteiger partial charge in [-0.2, -0.15) is 0 Å². The summed E-state index contributed by atoms with van der Waals surface area (Å²) in [7, 11) is 0. The van der Waals surface area contributed by atoms with Crippen molar-refractivity contribution >= 4 is 16.5 Å². The van der Waals surface area contributed by atoms with Gasteiger partial charge in [0.2, 0.25) is 0 Å². The van der Waals surface area contributed by atoms with Crippen molar-refractivity contribution < 1.29 is 0 Å². The normalized spacial score (nSPS) is 18.4. The summed E-state index contributed by atoms with van der Waals surface area (Å²) in [6.07, 6.45) is 3.95. The largest absolute Gasteiger partial charge is 0.348 e. The van der Waals surface area contributed by atoms with Gasteiger partial charge in [0, 0.05) is 25.0 Å². The molecule has 15 heavy (non-hydrogen) atoms. The third-order valence-electron chi connectivity index (χ3n) is 3.21. The second kappa shape index (κ2) is 4.94. The third-order valence-corrected chi connectivity index (χ3v) is 4.16. The Kier molecular flexibility index (Phi) is 3.59. The monoisotopic (exact) mass is 225 g/mol. The van der Waals surface area contributed by atoms with E-state index in [1.54, 1.807) is 11.3 Å². The number of hydrogen-bond acceptors (Lipinski definition) is 4. The molecule has 1 aromatic heterocycles. The van der Waals surface area contributed by atoms with Gasteiger partial charge in [-0.3, -0.25) is 0 Å². The van der Waals surface area contributed by atoms with E-state index in [1.165, 1.54) is 19.3 Å². The minimum absolute atomic E-state index is 0.557. The number of nitrogens with two attached hydrogens (primary N) is 1. The van der Waals surface area contributed by atoms with E-state index in [2.05, 4.69) is 22.2 Å². The van der Waals surface area contributed by atoms with Crippen LogP contribution in [0, 0.1) is 5.92 Å². The van der Waals surface area contributed by atoms with Crippen LogP contribution in [0.15, 0.2) is 5.38 Å². The molecule has 0 unspecified atom stereocenters. The first kappa shape index (κ1) is 10.9. The van der Waals surface area contributed by atoms with Crippen molar-refractivity contribution in [2.45, 2.75) is 32.7 Å². The molecule has 0 atom stereocenters. The quantitative estimate of drug-likeness (QED) is 0.857. The first-order valence-electron chi connectivity index (χ1n) is 5.73. The zero-order valence-electron chi connectivity index (χ0n) is 9.28. The standard InChI is InChI=1S/C11H19N3S/c1-2-9-3-5-14(6-4-9)11-13-10(7-12)8-15-11/h8-9H,2-7,12H2,1H3. The molecule has 84 valence electrons. The molecule has 2 N–H and O–H groups in total. The number of nitrogens with zero attached hydrogens (tertiary/aromatic N) is 2. The summed E-state index contributed by atoms with van der Waals surface area (Å²) in [6.45, 7) is 5.17. The Hall–Kier alpha value is -0.610. The molecule has 0 bridgehead atoms. The fourth-order valence-electron chi connectivity index (χ4n) is 2.07. The van der Waals surface area contributed by atoms with Crippen LogP contribution < -0.4 is 10.6 Å². The smallest absolute Gasteiger partial charge is 0.185 e. The van der Waals surface area contributed by atoms with Gasteiger partial charge in [-0.05, 0) is 18.8 Å². The van der Waals surface area contributed by atoms with Gasteiger partial charge in [0.05, 0.1) is 5.69 Å². The van der Waals surface area contributed by atoms with Gasteiger partial charge < -0.3 is 10.6 Å². The van der Waals surface area contributed by atoms with Crippen LogP contribution in [0.5, 0.6) is 0 Å². The zero-order chi connectivity index (χ0) is 10.7. The molecule has 0 aliphatic carbocycles. The summed E-state index contributed by atoms with van der Waals surface area (Å²) in [5.74, 6) is 0.926. The van der Waals surface area contributed by atoms with Gasteiger partial charge >= 0.3 is 0 Å². The summed E-state index contributed by atoms with van der Waals surface area (Å²) >= 11 is 1.72. The van der Waals surface area contributed by atoms with Crippen molar-refractivity contribution in [2.24, 2.45) is 11.7 Å². The average Bonchev–Trinajstić information content (AvgIpc) is 2.78. The van der Waals surface area contributed by atoms with Gasteiger partial charge in [-0.1, -0.05) is 13.3 Å². The highest BCUT2D eigenvalue weighted by Gasteiger charge is 2.19.